The Bertz CT molecular complexity index is 500. The Morgan fingerprint density at radius 3 is 2.61 bits per heavy atom. The predicted octanol–water partition coefficient (Wildman–Crippen LogP) is 1.69. The molecule has 1 aromatic carbocycles. The van der Waals surface area contributed by atoms with E-state index in [1.165, 1.54) is 0 Å². The molecule has 1 heterocycles. The number of anilines is 1. The molecule has 0 fully saturated rings. The summed E-state index contributed by atoms with van der Waals surface area (Å²) in [7, 11) is 1.63. The highest BCUT2D eigenvalue weighted by Crippen LogP contribution is 2.18. The Balaban J connectivity index is 1.86. The second-order valence-corrected chi connectivity index (χ2v) is 3.71. The van der Waals surface area contributed by atoms with Gasteiger partial charge in [-0.05, 0) is 12.1 Å². The fraction of sp³-hybridized carbons (Fsp3) is 0.231. The molecule has 5 nitrogen and oxygen atoms in total. The van der Waals surface area contributed by atoms with Crippen molar-refractivity contribution in [1.82, 2.24) is 9.97 Å². The number of nitrogen functional groups attached to an aromatic ring is 1. The molecule has 2 aromatic rings. The van der Waals surface area contributed by atoms with E-state index in [4.69, 9.17) is 15.2 Å². The fourth-order valence-corrected chi connectivity index (χ4v) is 1.45. The van der Waals surface area contributed by atoms with Gasteiger partial charge >= 0.3 is 0 Å². The van der Waals surface area contributed by atoms with Crippen molar-refractivity contribution in [1.29, 1.82) is 0 Å². The molecule has 0 bridgehead atoms. The number of nitrogens with zero attached hydrogens (tertiary/aromatic N) is 2. The second kappa shape index (κ2) is 5.86. The molecule has 94 valence electrons. The number of rotatable bonds is 5. The second-order valence-electron chi connectivity index (χ2n) is 3.71. The van der Waals surface area contributed by atoms with E-state index in [1.807, 2.05) is 24.3 Å². The number of hydrogen-bond acceptors (Lipinski definition) is 5. The minimum atomic E-state index is 0.511. The summed E-state index contributed by atoms with van der Waals surface area (Å²) >= 11 is 0. The van der Waals surface area contributed by atoms with Crippen LogP contribution in [0.1, 0.15) is 5.82 Å². The number of hydrogen-bond donors (Lipinski definition) is 1. The number of aromatic nitrogens is 2. The van der Waals surface area contributed by atoms with Crippen LogP contribution in [0, 0.1) is 0 Å². The van der Waals surface area contributed by atoms with E-state index in [0.29, 0.717) is 24.5 Å². The molecule has 0 unspecified atom stereocenters. The van der Waals surface area contributed by atoms with E-state index in [9.17, 15) is 0 Å². The highest BCUT2D eigenvalue weighted by Gasteiger charge is 1.99. The topological polar surface area (TPSA) is 70.3 Å². The minimum Gasteiger partial charge on any atom is -0.497 e. The van der Waals surface area contributed by atoms with Crippen LogP contribution in [0.2, 0.25) is 0 Å². The molecule has 0 radical (unpaired) electrons. The summed E-state index contributed by atoms with van der Waals surface area (Å²) in [6.07, 6.45) is 3.82. The molecule has 0 aliphatic rings. The van der Waals surface area contributed by atoms with Crippen molar-refractivity contribution in [2.45, 2.75) is 6.42 Å². The van der Waals surface area contributed by atoms with Crippen LogP contribution >= 0.6 is 0 Å². The summed E-state index contributed by atoms with van der Waals surface area (Å²) in [6.45, 7) is 0.511. The van der Waals surface area contributed by atoms with Gasteiger partial charge in [0.25, 0.3) is 0 Å². The standard InChI is InChI=1S/C13H15N3O2/c1-17-11-3-2-4-12(7-11)18-6-5-13-15-8-10(14)9-16-13/h2-4,7-9H,5-6,14H2,1H3. The first kappa shape index (κ1) is 12.2. The van der Waals surface area contributed by atoms with Gasteiger partial charge in [0, 0.05) is 12.5 Å². The molecule has 18 heavy (non-hydrogen) atoms. The summed E-state index contributed by atoms with van der Waals surface area (Å²) in [5.74, 6) is 2.26. The van der Waals surface area contributed by atoms with E-state index in [0.717, 1.165) is 11.5 Å². The summed E-state index contributed by atoms with van der Waals surface area (Å²) in [4.78, 5) is 8.20. The Morgan fingerprint density at radius 2 is 1.89 bits per heavy atom. The van der Waals surface area contributed by atoms with Crippen molar-refractivity contribution in [3.63, 3.8) is 0 Å². The monoisotopic (exact) mass is 245 g/mol. The van der Waals surface area contributed by atoms with Gasteiger partial charge in [-0.15, -0.1) is 0 Å². The molecule has 0 saturated heterocycles. The van der Waals surface area contributed by atoms with Crippen molar-refractivity contribution >= 4 is 5.69 Å². The first-order chi connectivity index (χ1) is 8.78. The minimum absolute atomic E-state index is 0.511. The number of nitrogens with two attached hydrogens (primary N) is 1. The molecular formula is C13H15N3O2. The Morgan fingerprint density at radius 1 is 1.17 bits per heavy atom. The zero-order chi connectivity index (χ0) is 12.8. The quantitative estimate of drug-likeness (QED) is 0.868. The maximum absolute atomic E-state index is 5.59. The predicted molar refractivity (Wildman–Crippen MR) is 68.6 cm³/mol. The molecule has 2 rings (SSSR count). The lowest BCUT2D eigenvalue weighted by atomic mass is 10.3. The van der Waals surface area contributed by atoms with Crippen molar-refractivity contribution in [2.75, 3.05) is 19.5 Å². The van der Waals surface area contributed by atoms with Crippen molar-refractivity contribution in [2.24, 2.45) is 0 Å². The molecule has 0 amide bonds. The van der Waals surface area contributed by atoms with Gasteiger partial charge in [-0.25, -0.2) is 9.97 Å². The molecule has 0 saturated carbocycles. The normalized spacial score (nSPS) is 10.1. The first-order valence-corrected chi connectivity index (χ1v) is 5.61. The van der Waals surface area contributed by atoms with Gasteiger partial charge in [0.15, 0.2) is 0 Å². The lowest BCUT2D eigenvalue weighted by Gasteiger charge is -2.07. The van der Waals surface area contributed by atoms with E-state index in [-0.39, 0.29) is 0 Å². The molecule has 0 aliphatic carbocycles. The van der Waals surface area contributed by atoms with Crippen molar-refractivity contribution < 1.29 is 9.47 Å². The summed E-state index contributed by atoms with van der Waals surface area (Å²) in [6, 6.07) is 7.47. The van der Waals surface area contributed by atoms with E-state index < -0.39 is 0 Å². The third-order valence-corrected chi connectivity index (χ3v) is 2.36. The summed E-state index contributed by atoms with van der Waals surface area (Å²) < 4.78 is 10.7. The van der Waals surface area contributed by atoms with Crippen LogP contribution in [-0.4, -0.2) is 23.7 Å². The smallest absolute Gasteiger partial charge is 0.131 e. The highest BCUT2D eigenvalue weighted by molar-refractivity contribution is 5.33. The third-order valence-electron chi connectivity index (χ3n) is 2.36. The zero-order valence-electron chi connectivity index (χ0n) is 10.2. The number of methoxy groups -OCH3 is 1. The lowest BCUT2D eigenvalue weighted by molar-refractivity contribution is 0.316. The van der Waals surface area contributed by atoms with Gasteiger partial charge in [0.1, 0.15) is 17.3 Å². The van der Waals surface area contributed by atoms with Gasteiger partial charge in [0.05, 0.1) is 31.8 Å². The molecule has 1 aromatic heterocycles. The van der Waals surface area contributed by atoms with Crippen LogP contribution < -0.4 is 15.2 Å². The molecular weight excluding hydrogens is 230 g/mol. The third kappa shape index (κ3) is 3.35. The van der Waals surface area contributed by atoms with Crippen LogP contribution in [0.5, 0.6) is 11.5 Å². The largest absolute Gasteiger partial charge is 0.497 e. The Kier molecular flexibility index (Phi) is 3.96. The lowest BCUT2D eigenvalue weighted by Crippen LogP contribution is -2.05. The van der Waals surface area contributed by atoms with Crippen LogP contribution in [0.15, 0.2) is 36.7 Å². The SMILES string of the molecule is COc1cccc(OCCc2ncc(N)cn2)c1. The van der Waals surface area contributed by atoms with Gasteiger partial charge in [-0.2, -0.15) is 0 Å². The average molecular weight is 245 g/mol. The van der Waals surface area contributed by atoms with Crippen LogP contribution in [-0.2, 0) is 6.42 Å². The van der Waals surface area contributed by atoms with E-state index >= 15 is 0 Å². The van der Waals surface area contributed by atoms with Crippen LogP contribution in [0.4, 0.5) is 5.69 Å². The highest BCUT2D eigenvalue weighted by atomic mass is 16.5. The number of ether oxygens (including phenoxy) is 2. The van der Waals surface area contributed by atoms with Crippen LogP contribution in [0.3, 0.4) is 0 Å². The van der Waals surface area contributed by atoms with Gasteiger partial charge < -0.3 is 15.2 Å². The van der Waals surface area contributed by atoms with Crippen molar-refractivity contribution in [3.05, 3.63) is 42.5 Å². The summed E-state index contributed by atoms with van der Waals surface area (Å²) in [5, 5.41) is 0. The number of benzene rings is 1. The fourth-order valence-electron chi connectivity index (χ4n) is 1.45. The maximum atomic E-state index is 5.59. The van der Waals surface area contributed by atoms with E-state index in [1.54, 1.807) is 19.5 Å². The molecule has 0 atom stereocenters. The van der Waals surface area contributed by atoms with Crippen LogP contribution in [0.25, 0.3) is 0 Å². The summed E-state index contributed by atoms with van der Waals surface area (Å²) in [5.41, 5.74) is 6.07. The Labute approximate surface area is 106 Å². The van der Waals surface area contributed by atoms with Gasteiger partial charge in [0.2, 0.25) is 0 Å². The molecule has 2 N–H and O–H groups in total. The molecule has 0 aliphatic heterocycles. The van der Waals surface area contributed by atoms with Gasteiger partial charge in [-0.3, -0.25) is 0 Å². The Hall–Kier alpha value is -2.30. The van der Waals surface area contributed by atoms with E-state index in [2.05, 4.69) is 9.97 Å². The molecule has 5 heteroatoms. The zero-order valence-corrected chi connectivity index (χ0v) is 10.2. The van der Waals surface area contributed by atoms with Crippen molar-refractivity contribution in [3.8, 4) is 11.5 Å². The molecule has 0 spiro atoms. The average Bonchev–Trinajstić information content (AvgIpc) is 2.41. The maximum Gasteiger partial charge on any atom is 0.131 e. The first-order valence-electron chi connectivity index (χ1n) is 5.61. The van der Waals surface area contributed by atoms with Gasteiger partial charge in [-0.1, -0.05) is 6.07 Å².